The van der Waals surface area contributed by atoms with Crippen molar-refractivity contribution in [2.75, 3.05) is 0 Å². The molecule has 1 heterocycles. The molecule has 19 heavy (non-hydrogen) atoms. The van der Waals surface area contributed by atoms with E-state index in [4.69, 9.17) is 10.2 Å². The molecule has 3 heteroatoms. The summed E-state index contributed by atoms with van der Waals surface area (Å²) < 4.78 is 5.55. The van der Waals surface area contributed by atoms with Gasteiger partial charge in [0.15, 0.2) is 0 Å². The minimum Gasteiger partial charge on any atom is -0.444 e. The summed E-state index contributed by atoms with van der Waals surface area (Å²) in [5.41, 5.74) is 9.55. The van der Waals surface area contributed by atoms with Crippen molar-refractivity contribution in [2.24, 2.45) is 5.73 Å². The highest BCUT2D eigenvalue weighted by molar-refractivity contribution is 5.62. The van der Waals surface area contributed by atoms with Crippen LogP contribution in [0.1, 0.15) is 5.56 Å². The molecular formula is C16H14N2O. The Morgan fingerprint density at radius 1 is 0.947 bits per heavy atom. The zero-order valence-electron chi connectivity index (χ0n) is 10.4. The van der Waals surface area contributed by atoms with Crippen LogP contribution in [-0.2, 0) is 6.54 Å². The van der Waals surface area contributed by atoms with Crippen molar-refractivity contribution >= 4 is 0 Å². The zero-order valence-corrected chi connectivity index (χ0v) is 10.4. The minimum atomic E-state index is 0.514. The van der Waals surface area contributed by atoms with E-state index in [0.717, 1.165) is 22.4 Å². The summed E-state index contributed by atoms with van der Waals surface area (Å²) >= 11 is 0. The Morgan fingerprint density at radius 2 is 1.74 bits per heavy atom. The van der Waals surface area contributed by atoms with Crippen molar-refractivity contribution in [3.8, 4) is 22.7 Å². The van der Waals surface area contributed by atoms with Crippen LogP contribution in [-0.4, -0.2) is 4.98 Å². The van der Waals surface area contributed by atoms with Gasteiger partial charge < -0.3 is 10.2 Å². The molecule has 94 valence electrons. The zero-order chi connectivity index (χ0) is 13.1. The van der Waals surface area contributed by atoms with E-state index in [1.54, 1.807) is 6.26 Å². The van der Waals surface area contributed by atoms with Gasteiger partial charge in [-0.1, -0.05) is 42.5 Å². The summed E-state index contributed by atoms with van der Waals surface area (Å²) in [5, 5.41) is 0. The maximum atomic E-state index is 5.64. The fourth-order valence-electron chi connectivity index (χ4n) is 1.98. The molecule has 3 nitrogen and oxygen atoms in total. The van der Waals surface area contributed by atoms with Gasteiger partial charge in [0.05, 0.1) is 0 Å². The van der Waals surface area contributed by atoms with E-state index in [1.165, 1.54) is 0 Å². The van der Waals surface area contributed by atoms with Gasteiger partial charge in [0, 0.05) is 17.7 Å². The Bertz CT molecular complexity index is 674. The van der Waals surface area contributed by atoms with E-state index >= 15 is 0 Å². The SMILES string of the molecule is NCc1cccc(-c2nc(-c3ccccc3)co2)c1. The topological polar surface area (TPSA) is 52.0 Å². The molecule has 0 aliphatic heterocycles. The van der Waals surface area contributed by atoms with Gasteiger partial charge in [-0.3, -0.25) is 0 Å². The summed E-state index contributed by atoms with van der Waals surface area (Å²) in [5.74, 6) is 0.620. The number of hydrogen-bond acceptors (Lipinski definition) is 3. The molecule has 0 spiro atoms. The van der Waals surface area contributed by atoms with Crippen LogP contribution in [0, 0.1) is 0 Å². The Kier molecular flexibility index (Phi) is 3.12. The van der Waals surface area contributed by atoms with Gasteiger partial charge in [-0.15, -0.1) is 0 Å². The molecule has 0 aliphatic carbocycles. The van der Waals surface area contributed by atoms with Crippen LogP contribution in [0.4, 0.5) is 0 Å². The summed E-state index contributed by atoms with van der Waals surface area (Å²) in [6, 6.07) is 17.9. The highest BCUT2D eigenvalue weighted by Crippen LogP contribution is 2.24. The molecule has 0 unspecified atom stereocenters. The minimum absolute atomic E-state index is 0.514. The number of hydrogen-bond donors (Lipinski definition) is 1. The molecule has 2 aromatic carbocycles. The second-order valence-corrected chi connectivity index (χ2v) is 4.31. The molecule has 0 bridgehead atoms. The van der Waals surface area contributed by atoms with E-state index in [-0.39, 0.29) is 0 Å². The lowest BCUT2D eigenvalue weighted by Gasteiger charge is -1.99. The first-order valence-electron chi connectivity index (χ1n) is 6.17. The number of oxazole rings is 1. The molecule has 0 saturated heterocycles. The van der Waals surface area contributed by atoms with Gasteiger partial charge in [-0.25, -0.2) is 4.98 Å². The third kappa shape index (κ3) is 2.41. The predicted molar refractivity (Wildman–Crippen MR) is 75.3 cm³/mol. The molecule has 0 aliphatic rings. The molecule has 0 atom stereocenters. The number of rotatable bonds is 3. The average molecular weight is 250 g/mol. The van der Waals surface area contributed by atoms with Gasteiger partial charge in [-0.2, -0.15) is 0 Å². The highest BCUT2D eigenvalue weighted by Gasteiger charge is 2.08. The molecule has 0 amide bonds. The third-order valence-electron chi connectivity index (χ3n) is 2.98. The number of benzene rings is 2. The Hall–Kier alpha value is -2.39. The Balaban J connectivity index is 1.97. The molecule has 1 aromatic heterocycles. The second-order valence-electron chi connectivity index (χ2n) is 4.31. The number of aromatic nitrogens is 1. The van der Waals surface area contributed by atoms with Crippen LogP contribution in [0.5, 0.6) is 0 Å². The fraction of sp³-hybridized carbons (Fsp3) is 0.0625. The monoisotopic (exact) mass is 250 g/mol. The largest absolute Gasteiger partial charge is 0.444 e. The highest BCUT2D eigenvalue weighted by atomic mass is 16.3. The standard InChI is InChI=1S/C16H14N2O/c17-10-12-5-4-8-14(9-12)16-18-15(11-19-16)13-6-2-1-3-7-13/h1-9,11H,10,17H2. The molecule has 2 N–H and O–H groups in total. The molecule has 3 aromatic rings. The van der Waals surface area contributed by atoms with Crippen molar-refractivity contribution in [1.82, 2.24) is 4.98 Å². The lowest BCUT2D eigenvalue weighted by molar-refractivity contribution is 0.575. The quantitative estimate of drug-likeness (QED) is 0.774. The lowest BCUT2D eigenvalue weighted by atomic mass is 10.1. The van der Waals surface area contributed by atoms with Crippen molar-refractivity contribution in [3.63, 3.8) is 0 Å². The van der Waals surface area contributed by atoms with Crippen molar-refractivity contribution in [3.05, 3.63) is 66.4 Å². The molecule has 0 saturated carbocycles. The van der Waals surface area contributed by atoms with Gasteiger partial charge in [0.25, 0.3) is 0 Å². The average Bonchev–Trinajstić information content (AvgIpc) is 2.98. The normalized spacial score (nSPS) is 10.6. The van der Waals surface area contributed by atoms with Crippen LogP contribution in [0.25, 0.3) is 22.7 Å². The first-order chi connectivity index (χ1) is 9.36. The first-order valence-corrected chi connectivity index (χ1v) is 6.17. The maximum Gasteiger partial charge on any atom is 0.226 e. The van der Waals surface area contributed by atoms with Gasteiger partial charge in [0.2, 0.25) is 5.89 Å². The van der Waals surface area contributed by atoms with Crippen molar-refractivity contribution in [2.45, 2.75) is 6.54 Å². The molecule has 0 radical (unpaired) electrons. The van der Waals surface area contributed by atoms with Crippen molar-refractivity contribution < 1.29 is 4.42 Å². The number of nitrogens with zero attached hydrogens (tertiary/aromatic N) is 1. The lowest BCUT2D eigenvalue weighted by Crippen LogP contribution is -1.95. The second kappa shape index (κ2) is 5.08. The van der Waals surface area contributed by atoms with Crippen LogP contribution in [0.2, 0.25) is 0 Å². The van der Waals surface area contributed by atoms with Crippen LogP contribution in [0.15, 0.2) is 65.3 Å². The smallest absolute Gasteiger partial charge is 0.226 e. The molecule has 3 rings (SSSR count). The fourth-order valence-corrected chi connectivity index (χ4v) is 1.98. The van der Waals surface area contributed by atoms with E-state index < -0.39 is 0 Å². The maximum absolute atomic E-state index is 5.64. The van der Waals surface area contributed by atoms with E-state index in [2.05, 4.69) is 4.98 Å². The van der Waals surface area contributed by atoms with E-state index in [9.17, 15) is 0 Å². The summed E-state index contributed by atoms with van der Waals surface area (Å²) in [6.07, 6.45) is 1.68. The third-order valence-corrected chi connectivity index (χ3v) is 2.98. The Labute approximate surface area is 111 Å². The van der Waals surface area contributed by atoms with Crippen LogP contribution in [0.3, 0.4) is 0 Å². The molecular weight excluding hydrogens is 236 g/mol. The summed E-state index contributed by atoms with van der Waals surface area (Å²) in [7, 11) is 0. The summed E-state index contributed by atoms with van der Waals surface area (Å²) in [4.78, 5) is 4.52. The van der Waals surface area contributed by atoms with Gasteiger partial charge >= 0.3 is 0 Å². The Morgan fingerprint density at radius 3 is 2.53 bits per heavy atom. The van der Waals surface area contributed by atoms with Gasteiger partial charge in [-0.05, 0) is 17.7 Å². The predicted octanol–water partition coefficient (Wildman–Crippen LogP) is 3.47. The first kappa shape index (κ1) is 11.7. The van der Waals surface area contributed by atoms with Crippen LogP contribution >= 0.6 is 0 Å². The summed E-state index contributed by atoms with van der Waals surface area (Å²) in [6.45, 7) is 0.514. The van der Waals surface area contributed by atoms with E-state index in [1.807, 2.05) is 54.6 Å². The van der Waals surface area contributed by atoms with Crippen LogP contribution < -0.4 is 5.73 Å². The van der Waals surface area contributed by atoms with Gasteiger partial charge in [0.1, 0.15) is 12.0 Å². The molecule has 0 fully saturated rings. The van der Waals surface area contributed by atoms with Crippen molar-refractivity contribution in [1.29, 1.82) is 0 Å². The van der Waals surface area contributed by atoms with E-state index in [0.29, 0.717) is 12.4 Å². The number of nitrogens with two attached hydrogens (primary N) is 1.